The standard InChI is InChI=1S/C23H29F2N7O2/c1-2-14-3-5-15(6-4-14)32-13-18(20(29-32)21(24)25)27-23(34)17-11-26-31-10-8-19(28-22(17)31)30-9-7-16(33)12-30/h8,10-11,13-16,21,33H,2-7,9,12H2,1H3,(H,27,34)/t14?,15?,16-/m0/s1. The molecule has 2 aliphatic rings. The van der Waals surface area contributed by atoms with E-state index in [2.05, 4.69) is 27.4 Å². The molecule has 2 fully saturated rings. The molecule has 0 bridgehead atoms. The van der Waals surface area contributed by atoms with Crippen molar-refractivity contribution in [1.29, 1.82) is 0 Å². The lowest BCUT2D eigenvalue weighted by Gasteiger charge is -2.27. The molecule has 34 heavy (non-hydrogen) atoms. The lowest BCUT2D eigenvalue weighted by Crippen LogP contribution is -2.22. The van der Waals surface area contributed by atoms with Gasteiger partial charge in [-0.1, -0.05) is 13.3 Å². The van der Waals surface area contributed by atoms with E-state index in [9.17, 15) is 18.7 Å². The lowest BCUT2D eigenvalue weighted by molar-refractivity contribution is 0.102. The first-order valence-electron chi connectivity index (χ1n) is 11.9. The van der Waals surface area contributed by atoms with Crippen LogP contribution in [-0.4, -0.2) is 54.6 Å². The molecule has 0 spiro atoms. The minimum atomic E-state index is -2.81. The molecule has 1 aliphatic heterocycles. The number of nitrogens with zero attached hydrogens (tertiary/aromatic N) is 6. The predicted molar refractivity (Wildman–Crippen MR) is 122 cm³/mol. The Morgan fingerprint density at radius 1 is 1.26 bits per heavy atom. The van der Waals surface area contributed by atoms with Crippen LogP contribution < -0.4 is 10.2 Å². The molecule has 0 radical (unpaired) electrons. The van der Waals surface area contributed by atoms with Gasteiger partial charge in [0.1, 0.15) is 11.4 Å². The Hall–Kier alpha value is -3.08. The third-order valence-corrected chi connectivity index (χ3v) is 7.07. The largest absolute Gasteiger partial charge is 0.391 e. The Kier molecular flexibility index (Phi) is 6.20. The zero-order chi connectivity index (χ0) is 23.8. The molecule has 1 aliphatic carbocycles. The first kappa shape index (κ1) is 22.7. The number of nitrogens with one attached hydrogen (secondary N) is 1. The maximum atomic E-state index is 13.7. The van der Waals surface area contributed by atoms with Gasteiger partial charge in [0, 0.05) is 25.5 Å². The van der Waals surface area contributed by atoms with Gasteiger partial charge in [-0.2, -0.15) is 10.2 Å². The van der Waals surface area contributed by atoms with Gasteiger partial charge in [-0.3, -0.25) is 9.48 Å². The van der Waals surface area contributed by atoms with E-state index in [4.69, 9.17) is 0 Å². The monoisotopic (exact) mass is 473 g/mol. The van der Waals surface area contributed by atoms with Crippen molar-refractivity contribution < 1.29 is 18.7 Å². The second kappa shape index (κ2) is 9.28. The number of alkyl halides is 2. The third-order valence-electron chi connectivity index (χ3n) is 7.07. The molecule has 0 unspecified atom stereocenters. The molecule has 1 saturated heterocycles. The predicted octanol–water partition coefficient (Wildman–Crippen LogP) is 3.83. The highest BCUT2D eigenvalue weighted by Crippen LogP contribution is 2.36. The van der Waals surface area contributed by atoms with Crippen molar-refractivity contribution >= 4 is 23.1 Å². The number of amides is 1. The molecule has 182 valence electrons. The summed E-state index contributed by atoms with van der Waals surface area (Å²) in [6.45, 7) is 3.31. The molecule has 0 aromatic carbocycles. The minimum Gasteiger partial charge on any atom is -0.391 e. The van der Waals surface area contributed by atoms with Crippen molar-refractivity contribution in [2.24, 2.45) is 5.92 Å². The van der Waals surface area contributed by atoms with Gasteiger partial charge in [0.05, 0.1) is 24.0 Å². The fourth-order valence-electron chi connectivity index (χ4n) is 5.00. The summed E-state index contributed by atoms with van der Waals surface area (Å²) in [6.07, 6.45) is 7.03. The van der Waals surface area contributed by atoms with E-state index in [1.54, 1.807) is 16.9 Å². The van der Waals surface area contributed by atoms with Crippen LogP contribution in [0.25, 0.3) is 5.65 Å². The van der Waals surface area contributed by atoms with E-state index in [1.165, 1.54) is 16.9 Å². The second-order valence-electron chi connectivity index (χ2n) is 9.25. The van der Waals surface area contributed by atoms with E-state index in [0.717, 1.165) is 32.1 Å². The number of hydrogen-bond donors (Lipinski definition) is 2. The molecule has 9 nitrogen and oxygen atoms in total. The van der Waals surface area contributed by atoms with Crippen molar-refractivity contribution in [2.45, 2.75) is 64.0 Å². The van der Waals surface area contributed by atoms with Crippen molar-refractivity contribution in [1.82, 2.24) is 24.4 Å². The van der Waals surface area contributed by atoms with Gasteiger partial charge in [0.25, 0.3) is 12.3 Å². The molecule has 1 amide bonds. The van der Waals surface area contributed by atoms with Gasteiger partial charge in [-0.05, 0) is 44.1 Å². The molecular formula is C23H29F2N7O2. The molecule has 3 aromatic heterocycles. The molecule has 5 rings (SSSR count). The molecule has 2 N–H and O–H groups in total. The van der Waals surface area contributed by atoms with Crippen LogP contribution in [0.3, 0.4) is 0 Å². The smallest absolute Gasteiger partial charge is 0.284 e. The van der Waals surface area contributed by atoms with E-state index >= 15 is 0 Å². The second-order valence-corrected chi connectivity index (χ2v) is 9.25. The van der Waals surface area contributed by atoms with E-state index in [-0.39, 0.29) is 17.3 Å². The van der Waals surface area contributed by atoms with Crippen LogP contribution in [0, 0.1) is 5.92 Å². The van der Waals surface area contributed by atoms with Crippen LogP contribution in [0.1, 0.15) is 74.0 Å². The Balaban J connectivity index is 1.38. The number of carbonyl (C=O) groups excluding carboxylic acids is 1. The number of anilines is 2. The van der Waals surface area contributed by atoms with Crippen LogP contribution in [0.2, 0.25) is 0 Å². The Morgan fingerprint density at radius 2 is 2.06 bits per heavy atom. The summed E-state index contributed by atoms with van der Waals surface area (Å²) >= 11 is 0. The summed E-state index contributed by atoms with van der Waals surface area (Å²) in [4.78, 5) is 19.6. The van der Waals surface area contributed by atoms with Gasteiger partial charge in [0.2, 0.25) is 0 Å². The van der Waals surface area contributed by atoms with Crippen LogP contribution in [0.15, 0.2) is 24.7 Å². The number of aliphatic hydroxyl groups is 1. The highest BCUT2D eigenvalue weighted by molar-refractivity contribution is 6.08. The van der Waals surface area contributed by atoms with Crippen molar-refractivity contribution in [2.75, 3.05) is 23.3 Å². The van der Waals surface area contributed by atoms with Gasteiger partial charge >= 0.3 is 0 Å². The molecule has 1 atom stereocenters. The summed E-state index contributed by atoms with van der Waals surface area (Å²) < 4.78 is 30.6. The zero-order valence-electron chi connectivity index (χ0n) is 19.1. The minimum absolute atomic E-state index is 0.00999. The number of fused-ring (bicyclic) bond motifs is 1. The number of aromatic nitrogens is 5. The maximum Gasteiger partial charge on any atom is 0.284 e. The normalized spacial score (nSPS) is 23.2. The Labute approximate surface area is 195 Å². The van der Waals surface area contributed by atoms with E-state index in [0.29, 0.717) is 36.9 Å². The number of aliphatic hydroxyl groups excluding tert-OH is 1. The lowest BCUT2D eigenvalue weighted by atomic mass is 9.85. The van der Waals surface area contributed by atoms with Gasteiger partial charge in [0.15, 0.2) is 11.3 Å². The first-order valence-corrected chi connectivity index (χ1v) is 11.9. The molecular weight excluding hydrogens is 444 g/mol. The number of β-amino-alcohol motifs (C(OH)–C–C–N with tert-alkyl or cyclic N) is 1. The van der Waals surface area contributed by atoms with Crippen LogP contribution in [-0.2, 0) is 0 Å². The fourth-order valence-corrected chi connectivity index (χ4v) is 5.00. The van der Waals surface area contributed by atoms with Gasteiger partial charge < -0.3 is 15.3 Å². The zero-order valence-corrected chi connectivity index (χ0v) is 19.1. The fraction of sp³-hybridized carbons (Fsp3) is 0.565. The summed E-state index contributed by atoms with van der Waals surface area (Å²) in [6, 6.07) is 1.83. The molecule has 3 aromatic rings. The average molecular weight is 474 g/mol. The van der Waals surface area contributed by atoms with Crippen molar-refractivity contribution in [3.05, 3.63) is 35.9 Å². The molecule has 4 heterocycles. The summed E-state index contributed by atoms with van der Waals surface area (Å²) in [5.41, 5.74) is 0.0798. The summed E-state index contributed by atoms with van der Waals surface area (Å²) in [5.74, 6) is 0.733. The number of rotatable bonds is 6. The number of hydrogen-bond acceptors (Lipinski definition) is 6. The topological polar surface area (TPSA) is 101 Å². The Morgan fingerprint density at radius 3 is 2.74 bits per heavy atom. The quantitative estimate of drug-likeness (QED) is 0.564. The summed E-state index contributed by atoms with van der Waals surface area (Å²) in [7, 11) is 0. The molecule has 1 saturated carbocycles. The van der Waals surface area contributed by atoms with E-state index < -0.39 is 24.1 Å². The van der Waals surface area contributed by atoms with Crippen LogP contribution in [0.5, 0.6) is 0 Å². The average Bonchev–Trinajstić information content (AvgIpc) is 3.56. The van der Waals surface area contributed by atoms with Crippen LogP contribution in [0.4, 0.5) is 20.3 Å². The molecule has 11 heteroatoms. The van der Waals surface area contributed by atoms with Gasteiger partial charge in [-0.15, -0.1) is 0 Å². The maximum absolute atomic E-state index is 13.7. The van der Waals surface area contributed by atoms with E-state index in [1.807, 2.05) is 4.90 Å². The number of halogens is 2. The highest BCUT2D eigenvalue weighted by atomic mass is 19.3. The van der Waals surface area contributed by atoms with Crippen molar-refractivity contribution in [3.63, 3.8) is 0 Å². The summed E-state index contributed by atoms with van der Waals surface area (Å²) in [5, 5.41) is 20.7. The number of carbonyl (C=O) groups is 1. The van der Waals surface area contributed by atoms with Crippen LogP contribution >= 0.6 is 0 Å². The highest BCUT2D eigenvalue weighted by Gasteiger charge is 2.27. The third kappa shape index (κ3) is 4.36. The SMILES string of the molecule is CCC1CCC(n2cc(NC(=O)c3cnn4ccc(N5CC[C@H](O)C5)nc34)c(C(F)F)n2)CC1. The first-order chi connectivity index (χ1) is 16.4. The van der Waals surface area contributed by atoms with Crippen molar-refractivity contribution in [3.8, 4) is 0 Å². The Bertz CT molecular complexity index is 1170. The van der Waals surface area contributed by atoms with Gasteiger partial charge in [-0.25, -0.2) is 18.3 Å².